The quantitative estimate of drug-likeness (QED) is 0.359. The van der Waals surface area contributed by atoms with Crippen molar-refractivity contribution in [3.8, 4) is 0 Å². The van der Waals surface area contributed by atoms with Crippen molar-refractivity contribution in [2.75, 3.05) is 12.0 Å². The molecule has 1 aromatic rings. The molecule has 0 saturated carbocycles. The molecule has 0 spiro atoms. The molecule has 0 bridgehead atoms. The predicted octanol–water partition coefficient (Wildman–Crippen LogP) is -0.107. The summed E-state index contributed by atoms with van der Waals surface area (Å²) in [7, 11) is 0. The summed E-state index contributed by atoms with van der Waals surface area (Å²) in [5, 5.41) is 22.3. The Labute approximate surface area is 106 Å². The summed E-state index contributed by atoms with van der Waals surface area (Å²) in [5.74, 6) is 5.11. The van der Waals surface area contributed by atoms with E-state index in [2.05, 4.69) is 10.7 Å². The molecule has 100 valence electrons. The van der Waals surface area contributed by atoms with Crippen molar-refractivity contribution >= 4 is 11.6 Å². The van der Waals surface area contributed by atoms with Gasteiger partial charge < -0.3 is 21.0 Å². The SMILES string of the molecule is CC(=O)NCCC(O)C(O)c1cccc(NN)c1. The smallest absolute Gasteiger partial charge is 0.216 e. The number of aliphatic hydroxyl groups is 2. The lowest BCUT2D eigenvalue weighted by molar-refractivity contribution is -0.119. The van der Waals surface area contributed by atoms with Crippen LogP contribution in [-0.4, -0.2) is 28.8 Å². The largest absolute Gasteiger partial charge is 0.390 e. The van der Waals surface area contributed by atoms with Gasteiger partial charge in [-0.1, -0.05) is 12.1 Å². The van der Waals surface area contributed by atoms with Crippen LogP contribution < -0.4 is 16.6 Å². The Morgan fingerprint density at radius 1 is 1.44 bits per heavy atom. The summed E-state index contributed by atoms with van der Waals surface area (Å²) in [6.45, 7) is 1.72. The van der Waals surface area contributed by atoms with Crippen LogP contribution in [0.2, 0.25) is 0 Å². The number of amides is 1. The maximum Gasteiger partial charge on any atom is 0.216 e. The van der Waals surface area contributed by atoms with E-state index in [4.69, 9.17) is 5.84 Å². The molecule has 0 aliphatic heterocycles. The van der Waals surface area contributed by atoms with Crippen LogP contribution in [-0.2, 0) is 4.79 Å². The molecule has 2 atom stereocenters. The van der Waals surface area contributed by atoms with Gasteiger partial charge in [-0.05, 0) is 24.1 Å². The molecule has 0 heterocycles. The van der Waals surface area contributed by atoms with Gasteiger partial charge in [0.25, 0.3) is 0 Å². The third-order valence-corrected chi connectivity index (χ3v) is 2.57. The summed E-state index contributed by atoms with van der Waals surface area (Å²) < 4.78 is 0. The molecule has 0 aromatic heterocycles. The fourth-order valence-corrected chi connectivity index (χ4v) is 1.59. The van der Waals surface area contributed by atoms with Gasteiger partial charge in [-0.3, -0.25) is 10.6 Å². The molecular formula is C12H19N3O3. The monoisotopic (exact) mass is 253 g/mol. The van der Waals surface area contributed by atoms with Gasteiger partial charge in [-0.15, -0.1) is 0 Å². The first-order valence-corrected chi connectivity index (χ1v) is 5.71. The first-order valence-electron chi connectivity index (χ1n) is 5.71. The fourth-order valence-electron chi connectivity index (χ4n) is 1.59. The van der Waals surface area contributed by atoms with Crippen LogP contribution in [0.15, 0.2) is 24.3 Å². The van der Waals surface area contributed by atoms with E-state index in [1.165, 1.54) is 6.92 Å². The van der Waals surface area contributed by atoms with Gasteiger partial charge >= 0.3 is 0 Å². The lowest BCUT2D eigenvalue weighted by atomic mass is 10.0. The third kappa shape index (κ3) is 4.33. The zero-order valence-corrected chi connectivity index (χ0v) is 10.3. The number of hydrazine groups is 1. The molecule has 0 aliphatic rings. The van der Waals surface area contributed by atoms with Gasteiger partial charge in [0.15, 0.2) is 0 Å². The number of hydrogen-bond donors (Lipinski definition) is 5. The number of hydrogen-bond acceptors (Lipinski definition) is 5. The number of benzene rings is 1. The average molecular weight is 253 g/mol. The lowest BCUT2D eigenvalue weighted by Gasteiger charge is -2.18. The highest BCUT2D eigenvalue weighted by atomic mass is 16.3. The number of carbonyl (C=O) groups excluding carboxylic acids is 1. The van der Waals surface area contributed by atoms with Crippen molar-refractivity contribution in [1.29, 1.82) is 0 Å². The van der Waals surface area contributed by atoms with E-state index in [1.54, 1.807) is 24.3 Å². The Morgan fingerprint density at radius 2 is 2.17 bits per heavy atom. The molecule has 0 fully saturated rings. The van der Waals surface area contributed by atoms with E-state index in [0.717, 1.165) is 0 Å². The Kier molecular flexibility index (Phi) is 5.57. The molecule has 6 heteroatoms. The van der Waals surface area contributed by atoms with Crippen molar-refractivity contribution in [2.45, 2.75) is 25.6 Å². The molecule has 0 radical (unpaired) electrons. The van der Waals surface area contributed by atoms with E-state index >= 15 is 0 Å². The minimum Gasteiger partial charge on any atom is -0.390 e. The standard InChI is InChI=1S/C12H19N3O3/c1-8(16)14-6-5-11(17)12(18)9-3-2-4-10(7-9)15-13/h2-4,7,11-12,15,17-18H,5-6,13H2,1H3,(H,14,16). The zero-order valence-electron chi connectivity index (χ0n) is 10.3. The molecule has 18 heavy (non-hydrogen) atoms. The Morgan fingerprint density at radius 3 is 2.78 bits per heavy atom. The summed E-state index contributed by atoms with van der Waals surface area (Å²) in [4.78, 5) is 10.7. The number of carbonyl (C=O) groups is 1. The maximum absolute atomic E-state index is 10.7. The highest BCUT2D eigenvalue weighted by molar-refractivity contribution is 5.72. The maximum atomic E-state index is 10.7. The Bertz CT molecular complexity index is 398. The number of rotatable bonds is 6. The molecule has 0 saturated heterocycles. The van der Waals surface area contributed by atoms with Crippen LogP contribution >= 0.6 is 0 Å². The summed E-state index contributed by atoms with van der Waals surface area (Å²) in [6, 6.07) is 6.84. The van der Waals surface area contributed by atoms with Crippen LogP contribution in [0.5, 0.6) is 0 Å². The lowest BCUT2D eigenvalue weighted by Crippen LogP contribution is -2.27. The number of aliphatic hydroxyl groups excluding tert-OH is 2. The van der Waals surface area contributed by atoms with Crippen molar-refractivity contribution in [1.82, 2.24) is 5.32 Å². The van der Waals surface area contributed by atoms with Crippen molar-refractivity contribution in [3.63, 3.8) is 0 Å². The average Bonchev–Trinajstić information content (AvgIpc) is 2.37. The van der Waals surface area contributed by atoms with Crippen LogP contribution in [0.1, 0.15) is 25.0 Å². The second-order valence-corrected chi connectivity index (χ2v) is 4.05. The van der Waals surface area contributed by atoms with Gasteiger partial charge in [0.05, 0.1) is 6.10 Å². The molecule has 6 N–H and O–H groups in total. The Balaban J connectivity index is 2.56. The number of nitrogens with one attached hydrogen (secondary N) is 2. The van der Waals surface area contributed by atoms with E-state index in [-0.39, 0.29) is 12.3 Å². The fraction of sp³-hybridized carbons (Fsp3) is 0.417. The van der Waals surface area contributed by atoms with Crippen LogP contribution in [0.4, 0.5) is 5.69 Å². The van der Waals surface area contributed by atoms with Gasteiger partial charge in [0.1, 0.15) is 6.10 Å². The normalized spacial score (nSPS) is 13.8. The molecule has 2 unspecified atom stereocenters. The number of nitrogen functional groups attached to an aromatic ring is 1. The van der Waals surface area contributed by atoms with Crippen LogP contribution in [0, 0.1) is 0 Å². The molecule has 1 amide bonds. The van der Waals surface area contributed by atoms with Crippen molar-refractivity contribution in [2.24, 2.45) is 5.84 Å². The van der Waals surface area contributed by atoms with Crippen molar-refractivity contribution < 1.29 is 15.0 Å². The molecular weight excluding hydrogens is 234 g/mol. The van der Waals surface area contributed by atoms with Crippen molar-refractivity contribution in [3.05, 3.63) is 29.8 Å². The Hall–Kier alpha value is -1.63. The molecule has 1 aromatic carbocycles. The molecule has 0 aliphatic carbocycles. The zero-order chi connectivity index (χ0) is 13.5. The van der Waals surface area contributed by atoms with E-state index < -0.39 is 12.2 Å². The highest BCUT2D eigenvalue weighted by Gasteiger charge is 2.18. The third-order valence-electron chi connectivity index (χ3n) is 2.57. The van der Waals surface area contributed by atoms with E-state index in [9.17, 15) is 15.0 Å². The minimum absolute atomic E-state index is 0.161. The first-order chi connectivity index (χ1) is 8.54. The second-order valence-electron chi connectivity index (χ2n) is 4.05. The van der Waals surface area contributed by atoms with Gasteiger partial charge in [0.2, 0.25) is 5.91 Å². The predicted molar refractivity (Wildman–Crippen MR) is 68.5 cm³/mol. The highest BCUT2D eigenvalue weighted by Crippen LogP contribution is 2.21. The molecule has 6 nitrogen and oxygen atoms in total. The number of nitrogens with two attached hydrogens (primary N) is 1. The van der Waals surface area contributed by atoms with Gasteiger partial charge in [-0.2, -0.15) is 0 Å². The van der Waals surface area contributed by atoms with Gasteiger partial charge in [-0.25, -0.2) is 0 Å². The minimum atomic E-state index is -1.01. The first kappa shape index (κ1) is 14.4. The number of anilines is 1. The van der Waals surface area contributed by atoms with Gasteiger partial charge in [0, 0.05) is 19.2 Å². The van der Waals surface area contributed by atoms with E-state index in [0.29, 0.717) is 17.8 Å². The molecule has 1 rings (SSSR count). The van der Waals surface area contributed by atoms with E-state index in [1.807, 2.05) is 0 Å². The van der Waals surface area contributed by atoms with Crippen LogP contribution in [0.25, 0.3) is 0 Å². The topological polar surface area (TPSA) is 108 Å². The summed E-state index contributed by atoms with van der Waals surface area (Å²) in [5.41, 5.74) is 3.69. The van der Waals surface area contributed by atoms with Crippen LogP contribution in [0.3, 0.4) is 0 Å². The summed E-state index contributed by atoms with van der Waals surface area (Å²) >= 11 is 0. The second kappa shape index (κ2) is 6.95. The summed E-state index contributed by atoms with van der Waals surface area (Å²) in [6.07, 6.45) is -1.67.